The van der Waals surface area contributed by atoms with Crippen molar-refractivity contribution >= 4 is 22.6 Å². The van der Waals surface area contributed by atoms with Gasteiger partial charge < -0.3 is 10.2 Å². The minimum atomic E-state index is 0.123. The number of nitrogens with zero attached hydrogens (tertiary/aromatic N) is 4. The number of rotatable bonds is 4. The first-order chi connectivity index (χ1) is 12.8. The van der Waals surface area contributed by atoms with Gasteiger partial charge in [0, 0.05) is 36.4 Å². The predicted octanol–water partition coefficient (Wildman–Crippen LogP) is 3.12. The van der Waals surface area contributed by atoms with E-state index in [4.69, 9.17) is 0 Å². The van der Waals surface area contributed by atoms with Crippen LogP contribution in [0.15, 0.2) is 48.8 Å². The van der Waals surface area contributed by atoms with Gasteiger partial charge in [-0.2, -0.15) is 0 Å². The van der Waals surface area contributed by atoms with Crippen molar-refractivity contribution in [2.45, 2.75) is 19.3 Å². The number of pyridine rings is 1. The molecule has 1 aromatic carbocycles. The summed E-state index contributed by atoms with van der Waals surface area (Å²) in [6.07, 6.45) is 6.84. The van der Waals surface area contributed by atoms with E-state index < -0.39 is 0 Å². The van der Waals surface area contributed by atoms with E-state index in [-0.39, 0.29) is 12.5 Å². The molecule has 4 rings (SSSR count). The average Bonchev–Trinajstić information content (AvgIpc) is 2.73. The number of benzene rings is 1. The largest absolute Gasteiger partial charge is 0.360 e. The third kappa shape index (κ3) is 3.49. The van der Waals surface area contributed by atoms with E-state index in [0.717, 1.165) is 42.4 Å². The zero-order valence-corrected chi connectivity index (χ0v) is 14.6. The van der Waals surface area contributed by atoms with Crippen LogP contribution in [0.4, 0.5) is 5.82 Å². The summed E-state index contributed by atoms with van der Waals surface area (Å²) in [5, 5.41) is 4.15. The molecule has 2 aromatic heterocycles. The number of aromatic nitrogens is 3. The van der Waals surface area contributed by atoms with Crippen molar-refractivity contribution in [1.29, 1.82) is 0 Å². The molecule has 1 aliphatic heterocycles. The third-order valence-electron chi connectivity index (χ3n) is 4.66. The van der Waals surface area contributed by atoms with Crippen molar-refractivity contribution < 1.29 is 4.79 Å². The number of hydrogen-bond acceptors (Lipinski definition) is 5. The molecule has 3 heterocycles. The van der Waals surface area contributed by atoms with Gasteiger partial charge in [-0.3, -0.25) is 9.78 Å². The second-order valence-electron chi connectivity index (χ2n) is 6.44. The van der Waals surface area contributed by atoms with E-state index in [9.17, 15) is 4.79 Å². The van der Waals surface area contributed by atoms with Crippen LogP contribution in [0.2, 0.25) is 0 Å². The van der Waals surface area contributed by atoms with Crippen molar-refractivity contribution in [3.63, 3.8) is 0 Å². The minimum absolute atomic E-state index is 0.123. The van der Waals surface area contributed by atoms with Crippen molar-refractivity contribution in [1.82, 2.24) is 19.9 Å². The molecule has 1 fully saturated rings. The Morgan fingerprint density at radius 2 is 1.77 bits per heavy atom. The Kier molecular flexibility index (Phi) is 4.73. The van der Waals surface area contributed by atoms with Crippen LogP contribution in [0.3, 0.4) is 0 Å². The van der Waals surface area contributed by atoms with Crippen LogP contribution >= 0.6 is 0 Å². The van der Waals surface area contributed by atoms with Crippen LogP contribution in [-0.2, 0) is 4.79 Å². The SMILES string of the molecule is O=C(CNc1nc(-c2ccncc2)nc2ccccc12)N1CCCCC1. The summed E-state index contributed by atoms with van der Waals surface area (Å²) in [4.78, 5) is 27.8. The maximum Gasteiger partial charge on any atom is 0.241 e. The molecule has 0 spiro atoms. The molecule has 6 heteroatoms. The number of carbonyl (C=O) groups excluding carboxylic acids is 1. The van der Waals surface area contributed by atoms with Gasteiger partial charge in [-0.05, 0) is 43.5 Å². The standard InChI is InChI=1S/C20H21N5O/c26-18(25-12-4-1-5-13-25)14-22-20-16-6-2-3-7-17(16)23-19(24-20)15-8-10-21-11-9-15/h2-3,6-11H,1,4-5,12-14H2,(H,22,23,24). The molecule has 3 aromatic rings. The van der Waals surface area contributed by atoms with Crippen LogP contribution in [0.1, 0.15) is 19.3 Å². The van der Waals surface area contributed by atoms with Gasteiger partial charge in [-0.25, -0.2) is 9.97 Å². The smallest absolute Gasteiger partial charge is 0.241 e. The van der Waals surface area contributed by atoms with E-state index in [1.807, 2.05) is 41.3 Å². The number of fused-ring (bicyclic) bond motifs is 1. The maximum absolute atomic E-state index is 12.5. The first-order valence-corrected chi connectivity index (χ1v) is 9.00. The Bertz CT molecular complexity index is 906. The lowest BCUT2D eigenvalue weighted by Crippen LogP contribution is -2.39. The fourth-order valence-electron chi connectivity index (χ4n) is 3.26. The summed E-state index contributed by atoms with van der Waals surface area (Å²) in [6.45, 7) is 1.96. The third-order valence-corrected chi connectivity index (χ3v) is 4.66. The highest BCUT2D eigenvalue weighted by Crippen LogP contribution is 2.24. The maximum atomic E-state index is 12.5. The topological polar surface area (TPSA) is 71.0 Å². The van der Waals surface area contributed by atoms with Gasteiger partial charge in [0.2, 0.25) is 5.91 Å². The van der Waals surface area contributed by atoms with Crippen LogP contribution in [0, 0.1) is 0 Å². The van der Waals surface area contributed by atoms with E-state index in [2.05, 4.69) is 20.3 Å². The molecule has 0 bridgehead atoms. The molecule has 0 saturated carbocycles. The monoisotopic (exact) mass is 347 g/mol. The van der Waals surface area contributed by atoms with Gasteiger partial charge in [0.1, 0.15) is 5.82 Å². The number of piperidine rings is 1. The number of hydrogen-bond donors (Lipinski definition) is 1. The molecule has 132 valence electrons. The lowest BCUT2D eigenvalue weighted by molar-refractivity contribution is -0.130. The molecule has 0 radical (unpaired) electrons. The second kappa shape index (κ2) is 7.47. The predicted molar refractivity (Wildman–Crippen MR) is 102 cm³/mol. The first kappa shape index (κ1) is 16.4. The van der Waals surface area contributed by atoms with Gasteiger partial charge in [-0.1, -0.05) is 12.1 Å². The highest BCUT2D eigenvalue weighted by atomic mass is 16.2. The summed E-state index contributed by atoms with van der Waals surface area (Å²) >= 11 is 0. The molecule has 1 aliphatic rings. The van der Waals surface area contributed by atoms with Gasteiger partial charge in [-0.15, -0.1) is 0 Å². The van der Waals surface area contributed by atoms with Gasteiger partial charge in [0.15, 0.2) is 5.82 Å². The fourth-order valence-corrected chi connectivity index (χ4v) is 3.26. The zero-order chi connectivity index (χ0) is 17.8. The molecular formula is C20H21N5O. The Balaban J connectivity index is 1.61. The molecule has 1 N–H and O–H groups in total. The van der Waals surface area contributed by atoms with E-state index >= 15 is 0 Å². The Morgan fingerprint density at radius 1 is 1.00 bits per heavy atom. The lowest BCUT2D eigenvalue weighted by atomic mass is 10.1. The van der Waals surface area contributed by atoms with Gasteiger partial charge in [0.25, 0.3) is 0 Å². The van der Waals surface area contributed by atoms with E-state index in [0.29, 0.717) is 11.6 Å². The highest BCUT2D eigenvalue weighted by molar-refractivity contribution is 5.92. The number of carbonyl (C=O) groups is 1. The number of nitrogens with one attached hydrogen (secondary N) is 1. The van der Waals surface area contributed by atoms with Gasteiger partial charge in [0.05, 0.1) is 12.1 Å². The zero-order valence-electron chi connectivity index (χ0n) is 14.6. The Morgan fingerprint density at radius 3 is 2.58 bits per heavy atom. The first-order valence-electron chi connectivity index (χ1n) is 9.00. The highest BCUT2D eigenvalue weighted by Gasteiger charge is 2.17. The lowest BCUT2D eigenvalue weighted by Gasteiger charge is -2.26. The molecule has 0 unspecified atom stereocenters. The Labute approximate surface area is 152 Å². The van der Waals surface area contributed by atoms with E-state index in [1.165, 1.54) is 6.42 Å². The van der Waals surface area contributed by atoms with E-state index in [1.54, 1.807) is 12.4 Å². The van der Waals surface area contributed by atoms with Crippen molar-refractivity contribution in [2.75, 3.05) is 25.0 Å². The molecular weight excluding hydrogens is 326 g/mol. The summed E-state index contributed by atoms with van der Waals surface area (Å²) in [5.74, 6) is 1.43. The second-order valence-corrected chi connectivity index (χ2v) is 6.44. The van der Waals surface area contributed by atoms with Crippen LogP contribution < -0.4 is 5.32 Å². The number of amides is 1. The van der Waals surface area contributed by atoms with Crippen LogP contribution in [0.25, 0.3) is 22.3 Å². The molecule has 6 nitrogen and oxygen atoms in total. The number of anilines is 1. The van der Waals surface area contributed by atoms with Crippen molar-refractivity contribution in [2.24, 2.45) is 0 Å². The van der Waals surface area contributed by atoms with Crippen molar-refractivity contribution in [3.8, 4) is 11.4 Å². The number of para-hydroxylation sites is 1. The summed E-state index contributed by atoms with van der Waals surface area (Å²) in [7, 11) is 0. The molecule has 1 amide bonds. The van der Waals surface area contributed by atoms with Crippen molar-refractivity contribution in [3.05, 3.63) is 48.8 Å². The van der Waals surface area contributed by atoms with Crippen LogP contribution in [0.5, 0.6) is 0 Å². The fraction of sp³-hybridized carbons (Fsp3) is 0.300. The molecule has 26 heavy (non-hydrogen) atoms. The Hall–Kier alpha value is -3.02. The molecule has 0 atom stereocenters. The summed E-state index contributed by atoms with van der Waals surface area (Å²) < 4.78 is 0. The normalized spacial score (nSPS) is 14.4. The quantitative estimate of drug-likeness (QED) is 0.785. The summed E-state index contributed by atoms with van der Waals surface area (Å²) in [6, 6.07) is 11.6. The average molecular weight is 347 g/mol. The molecule has 1 saturated heterocycles. The molecule has 0 aliphatic carbocycles. The van der Waals surface area contributed by atoms with Crippen LogP contribution in [-0.4, -0.2) is 45.4 Å². The minimum Gasteiger partial charge on any atom is -0.360 e. The number of likely N-dealkylation sites (tertiary alicyclic amines) is 1. The van der Waals surface area contributed by atoms with Gasteiger partial charge >= 0.3 is 0 Å². The summed E-state index contributed by atoms with van der Waals surface area (Å²) in [5.41, 5.74) is 1.75.